The van der Waals surface area contributed by atoms with E-state index in [1.807, 2.05) is 31.2 Å². The highest BCUT2D eigenvalue weighted by atomic mass is 35.5. The topological polar surface area (TPSA) is 34.1 Å². The van der Waals surface area contributed by atoms with Gasteiger partial charge in [0.15, 0.2) is 0 Å². The minimum absolute atomic E-state index is 0.0481. The molecule has 0 aliphatic heterocycles. The zero-order chi connectivity index (χ0) is 15.5. The van der Waals surface area contributed by atoms with Crippen molar-refractivity contribution in [2.75, 3.05) is 0 Å². The lowest BCUT2D eigenvalue weighted by molar-refractivity contribution is 0.413. The van der Waals surface area contributed by atoms with Crippen LogP contribution in [0.4, 0.5) is 0 Å². The summed E-state index contributed by atoms with van der Waals surface area (Å²) in [6.45, 7) is 9.12. The van der Waals surface area contributed by atoms with Crippen molar-refractivity contribution >= 4 is 11.6 Å². The fraction of sp³-hybridized carbons (Fsp3) is 0.353. The van der Waals surface area contributed by atoms with Gasteiger partial charge in [-0.15, -0.1) is 0 Å². The number of nitrogens with zero attached hydrogens (tertiary/aromatic N) is 1. The Hall–Kier alpha value is -1.58. The molecular weight excluding hydrogens is 284 g/mol. The molecule has 0 saturated heterocycles. The van der Waals surface area contributed by atoms with Crippen LogP contribution in [0.2, 0.25) is 5.02 Å². The van der Waals surface area contributed by atoms with E-state index in [1.54, 1.807) is 12.4 Å². The Kier molecular flexibility index (Phi) is 4.86. The van der Waals surface area contributed by atoms with Gasteiger partial charge in [0, 0.05) is 28.9 Å². The molecule has 0 radical (unpaired) electrons. The van der Waals surface area contributed by atoms with E-state index in [0.717, 1.165) is 29.2 Å². The summed E-state index contributed by atoms with van der Waals surface area (Å²) in [7, 11) is 0. The van der Waals surface area contributed by atoms with Crippen molar-refractivity contribution in [3.05, 3.63) is 52.8 Å². The van der Waals surface area contributed by atoms with Crippen LogP contribution < -0.4 is 10.1 Å². The first kappa shape index (κ1) is 15.8. The van der Waals surface area contributed by atoms with E-state index in [-0.39, 0.29) is 5.54 Å². The fourth-order valence-electron chi connectivity index (χ4n) is 1.81. The number of nitrogens with one attached hydrogen (secondary N) is 1. The van der Waals surface area contributed by atoms with Gasteiger partial charge in [-0.25, -0.2) is 0 Å². The second-order valence-corrected chi connectivity index (χ2v) is 6.54. The van der Waals surface area contributed by atoms with E-state index in [9.17, 15) is 0 Å². The molecule has 0 aliphatic carbocycles. The van der Waals surface area contributed by atoms with Crippen LogP contribution in [0.15, 0.2) is 36.7 Å². The third kappa shape index (κ3) is 4.73. The summed E-state index contributed by atoms with van der Waals surface area (Å²) >= 11 is 6.04. The molecule has 21 heavy (non-hydrogen) atoms. The highest BCUT2D eigenvalue weighted by molar-refractivity contribution is 6.30. The summed E-state index contributed by atoms with van der Waals surface area (Å²) in [5.74, 6) is 1.51. The SMILES string of the molecule is Cc1ccc(Cl)cc1Oc1cnccc1CNC(C)(C)C. The molecular formula is C17H21ClN2O. The van der Waals surface area contributed by atoms with Crippen LogP contribution in [0.3, 0.4) is 0 Å². The monoisotopic (exact) mass is 304 g/mol. The van der Waals surface area contributed by atoms with Gasteiger partial charge in [0.25, 0.3) is 0 Å². The van der Waals surface area contributed by atoms with Crippen molar-refractivity contribution in [1.29, 1.82) is 0 Å². The lowest BCUT2D eigenvalue weighted by Gasteiger charge is -2.21. The first-order chi connectivity index (χ1) is 9.85. The van der Waals surface area contributed by atoms with Gasteiger partial charge in [-0.05, 0) is 51.5 Å². The number of ether oxygens (including phenoxy) is 1. The summed E-state index contributed by atoms with van der Waals surface area (Å²) in [6, 6.07) is 7.59. The van der Waals surface area contributed by atoms with Gasteiger partial charge in [-0.1, -0.05) is 17.7 Å². The van der Waals surface area contributed by atoms with Crippen LogP contribution in [0, 0.1) is 6.92 Å². The lowest BCUT2D eigenvalue weighted by Crippen LogP contribution is -2.35. The predicted molar refractivity (Wildman–Crippen MR) is 87.1 cm³/mol. The first-order valence-corrected chi connectivity index (χ1v) is 7.35. The zero-order valence-electron chi connectivity index (χ0n) is 12.9. The maximum atomic E-state index is 6.04. The van der Waals surface area contributed by atoms with E-state index in [2.05, 4.69) is 31.1 Å². The molecule has 1 aromatic heterocycles. The van der Waals surface area contributed by atoms with Crippen molar-refractivity contribution in [1.82, 2.24) is 10.3 Å². The van der Waals surface area contributed by atoms with Crippen LogP contribution in [0.1, 0.15) is 31.9 Å². The molecule has 112 valence electrons. The van der Waals surface area contributed by atoms with Crippen molar-refractivity contribution in [3.63, 3.8) is 0 Å². The lowest BCUT2D eigenvalue weighted by atomic mass is 10.1. The number of aromatic nitrogens is 1. The number of hydrogen-bond donors (Lipinski definition) is 1. The third-order valence-corrected chi connectivity index (χ3v) is 3.28. The Balaban J connectivity index is 2.22. The Labute approximate surface area is 131 Å². The van der Waals surface area contributed by atoms with Crippen LogP contribution in [0.25, 0.3) is 0 Å². The Morgan fingerprint density at radius 1 is 1.19 bits per heavy atom. The number of halogens is 1. The molecule has 1 heterocycles. The van der Waals surface area contributed by atoms with E-state index in [0.29, 0.717) is 5.02 Å². The standard InChI is InChI=1S/C17H21ClN2O/c1-12-5-6-14(18)9-15(12)21-16-11-19-8-7-13(16)10-20-17(2,3)4/h5-9,11,20H,10H2,1-4H3. The van der Waals surface area contributed by atoms with Crippen LogP contribution in [-0.2, 0) is 6.54 Å². The Morgan fingerprint density at radius 2 is 1.95 bits per heavy atom. The number of aryl methyl sites for hydroxylation is 1. The van der Waals surface area contributed by atoms with Crippen LogP contribution in [0.5, 0.6) is 11.5 Å². The molecule has 0 saturated carbocycles. The van der Waals surface area contributed by atoms with Gasteiger partial charge in [0.1, 0.15) is 11.5 Å². The molecule has 2 rings (SSSR count). The van der Waals surface area contributed by atoms with E-state index < -0.39 is 0 Å². The fourth-order valence-corrected chi connectivity index (χ4v) is 1.97. The average molecular weight is 305 g/mol. The smallest absolute Gasteiger partial charge is 0.150 e. The summed E-state index contributed by atoms with van der Waals surface area (Å²) in [6.07, 6.45) is 3.51. The van der Waals surface area contributed by atoms with Crippen molar-refractivity contribution in [2.24, 2.45) is 0 Å². The quantitative estimate of drug-likeness (QED) is 0.887. The van der Waals surface area contributed by atoms with E-state index >= 15 is 0 Å². The van der Waals surface area contributed by atoms with Gasteiger partial charge in [-0.2, -0.15) is 0 Å². The van der Waals surface area contributed by atoms with Crippen LogP contribution >= 0.6 is 11.6 Å². The third-order valence-electron chi connectivity index (χ3n) is 3.05. The van der Waals surface area contributed by atoms with Gasteiger partial charge < -0.3 is 10.1 Å². The van der Waals surface area contributed by atoms with Gasteiger partial charge in [0.2, 0.25) is 0 Å². The van der Waals surface area contributed by atoms with Crippen molar-refractivity contribution in [3.8, 4) is 11.5 Å². The first-order valence-electron chi connectivity index (χ1n) is 6.97. The van der Waals surface area contributed by atoms with Gasteiger partial charge in [-0.3, -0.25) is 4.98 Å². The van der Waals surface area contributed by atoms with E-state index in [4.69, 9.17) is 16.3 Å². The number of benzene rings is 1. The summed E-state index contributed by atoms with van der Waals surface area (Å²) in [4.78, 5) is 4.15. The Bertz CT molecular complexity index is 620. The predicted octanol–water partition coefficient (Wildman–Crippen LogP) is 4.72. The van der Waals surface area contributed by atoms with E-state index in [1.165, 1.54) is 0 Å². The van der Waals surface area contributed by atoms with Crippen molar-refractivity contribution < 1.29 is 4.74 Å². The molecule has 4 heteroatoms. The number of rotatable bonds is 4. The number of pyridine rings is 1. The van der Waals surface area contributed by atoms with Gasteiger partial charge in [0.05, 0.1) is 6.20 Å². The van der Waals surface area contributed by atoms with Crippen molar-refractivity contribution in [2.45, 2.75) is 39.8 Å². The molecule has 3 nitrogen and oxygen atoms in total. The molecule has 0 aliphatic rings. The summed E-state index contributed by atoms with van der Waals surface area (Å²) in [5, 5.41) is 4.12. The molecule has 0 unspecified atom stereocenters. The minimum Gasteiger partial charge on any atom is -0.455 e. The molecule has 0 bridgehead atoms. The maximum Gasteiger partial charge on any atom is 0.150 e. The zero-order valence-corrected chi connectivity index (χ0v) is 13.7. The second-order valence-electron chi connectivity index (χ2n) is 6.10. The minimum atomic E-state index is 0.0481. The number of hydrogen-bond acceptors (Lipinski definition) is 3. The van der Waals surface area contributed by atoms with Gasteiger partial charge >= 0.3 is 0 Å². The Morgan fingerprint density at radius 3 is 2.67 bits per heavy atom. The normalized spacial score (nSPS) is 11.5. The highest BCUT2D eigenvalue weighted by Gasteiger charge is 2.12. The largest absolute Gasteiger partial charge is 0.455 e. The molecule has 1 aromatic carbocycles. The molecule has 1 N–H and O–H groups in total. The second kappa shape index (κ2) is 6.46. The average Bonchev–Trinajstić information content (AvgIpc) is 2.41. The summed E-state index contributed by atoms with van der Waals surface area (Å²) in [5.41, 5.74) is 2.16. The van der Waals surface area contributed by atoms with Crippen LogP contribution in [-0.4, -0.2) is 10.5 Å². The molecule has 0 fully saturated rings. The summed E-state index contributed by atoms with van der Waals surface area (Å²) < 4.78 is 6.00. The molecule has 2 aromatic rings. The molecule has 0 atom stereocenters. The highest BCUT2D eigenvalue weighted by Crippen LogP contribution is 2.29. The molecule has 0 amide bonds. The molecule has 0 spiro atoms. The maximum absolute atomic E-state index is 6.04.